The molecule has 0 aliphatic carbocycles. The smallest absolute Gasteiger partial charge is 0.358 e. The molecule has 20 heavy (non-hydrogen) atoms. The van der Waals surface area contributed by atoms with Crippen molar-refractivity contribution in [3.63, 3.8) is 0 Å². The summed E-state index contributed by atoms with van der Waals surface area (Å²) >= 11 is 0. The molecule has 6 heteroatoms. The zero-order chi connectivity index (χ0) is 14.4. The highest BCUT2D eigenvalue weighted by Gasteiger charge is 2.07. The Morgan fingerprint density at radius 3 is 2.95 bits per heavy atom. The third-order valence-electron chi connectivity index (χ3n) is 2.95. The molecule has 0 aliphatic heterocycles. The number of rotatable bonds is 7. The molecule has 0 saturated heterocycles. The summed E-state index contributed by atoms with van der Waals surface area (Å²) in [6.45, 7) is 4.30. The van der Waals surface area contributed by atoms with E-state index in [9.17, 15) is 4.79 Å². The maximum atomic E-state index is 10.6. The lowest BCUT2D eigenvalue weighted by Gasteiger charge is -2.05. The highest BCUT2D eigenvalue weighted by atomic mass is 16.4. The lowest BCUT2D eigenvalue weighted by atomic mass is 10.1. The van der Waals surface area contributed by atoms with E-state index in [0.29, 0.717) is 6.54 Å². The number of aryl methyl sites for hydroxylation is 1. The number of nitrogens with one attached hydrogen (secondary N) is 1. The van der Waals surface area contributed by atoms with Crippen LogP contribution in [0.15, 0.2) is 30.5 Å². The zero-order valence-corrected chi connectivity index (χ0v) is 11.4. The number of carboxylic acids is 1. The minimum absolute atomic E-state index is 0.0234. The van der Waals surface area contributed by atoms with Crippen LogP contribution in [0.4, 0.5) is 0 Å². The fourth-order valence-corrected chi connectivity index (χ4v) is 1.92. The summed E-state index contributed by atoms with van der Waals surface area (Å²) < 4.78 is 1.53. The molecule has 0 saturated carbocycles. The Bertz CT molecular complexity index is 580. The first-order valence-electron chi connectivity index (χ1n) is 6.55. The second kappa shape index (κ2) is 6.81. The van der Waals surface area contributed by atoms with Gasteiger partial charge in [-0.3, -0.25) is 4.68 Å². The van der Waals surface area contributed by atoms with Gasteiger partial charge in [0.15, 0.2) is 5.69 Å². The van der Waals surface area contributed by atoms with Crippen LogP contribution in [0.1, 0.15) is 21.6 Å². The Labute approximate surface area is 117 Å². The predicted octanol–water partition coefficient (Wildman–Crippen LogP) is 1.12. The van der Waals surface area contributed by atoms with E-state index >= 15 is 0 Å². The van der Waals surface area contributed by atoms with E-state index in [-0.39, 0.29) is 5.69 Å². The van der Waals surface area contributed by atoms with E-state index in [1.165, 1.54) is 22.0 Å². The highest BCUT2D eigenvalue weighted by molar-refractivity contribution is 5.84. The molecule has 2 rings (SSSR count). The first-order valence-corrected chi connectivity index (χ1v) is 6.55. The molecule has 1 aromatic heterocycles. The monoisotopic (exact) mass is 274 g/mol. The fraction of sp³-hybridized carbons (Fsp3) is 0.357. The van der Waals surface area contributed by atoms with Crippen molar-refractivity contribution in [2.24, 2.45) is 0 Å². The summed E-state index contributed by atoms with van der Waals surface area (Å²) in [5, 5.41) is 19.3. The Balaban J connectivity index is 1.67. The van der Waals surface area contributed by atoms with Gasteiger partial charge in [0.05, 0.1) is 12.7 Å². The maximum absolute atomic E-state index is 10.6. The van der Waals surface area contributed by atoms with Crippen LogP contribution in [-0.2, 0) is 13.0 Å². The molecule has 0 spiro atoms. The molecule has 0 amide bonds. The number of aromatic carboxylic acids is 1. The third kappa shape index (κ3) is 4.17. The zero-order valence-electron chi connectivity index (χ0n) is 11.4. The molecule has 2 N–H and O–H groups in total. The van der Waals surface area contributed by atoms with Gasteiger partial charge in [0.1, 0.15) is 0 Å². The normalized spacial score (nSPS) is 10.7. The molecule has 0 aliphatic rings. The van der Waals surface area contributed by atoms with Crippen LogP contribution in [0.5, 0.6) is 0 Å². The van der Waals surface area contributed by atoms with Gasteiger partial charge in [-0.1, -0.05) is 35.0 Å². The summed E-state index contributed by atoms with van der Waals surface area (Å²) in [6.07, 6.45) is 2.41. The van der Waals surface area contributed by atoms with E-state index in [2.05, 4.69) is 46.8 Å². The van der Waals surface area contributed by atoms with Crippen LogP contribution in [0.2, 0.25) is 0 Å². The Morgan fingerprint density at radius 1 is 1.40 bits per heavy atom. The third-order valence-corrected chi connectivity index (χ3v) is 2.95. The summed E-state index contributed by atoms with van der Waals surface area (Å²) in [5.41, 5.74) is 2.56. The van der Waals surface area contributed by atoms with Crippen LogP contribution in [0, 0.1) is 6.92 Å². The van der Waals surface area contributed by atoms with Gasteiger partial charge in [0.2, 0.25) is 0 Å². The molecular weight excluding hydrogens is 256 g/mol. The molecule has 0 bridgehead atoms. The fourth-order valence-electron chi connectivity index (χ4n) is 1.92. The minimum atomic E-state index is -1.05. The molecule has 1 aromatic carbocycles. The first kappa shape index (κ1) is 14.2. The standard InChI is InChI=1S/C14H18N4O2/c1-11-3-2-4-12(9-11)5-6-15-7-8-18-10-13(14(19)20)16-17-18/h2-4,9-10,15H,5-8H2,1H3,(H,19,20). The van der Waals surface area contributed by atoms with Gasteiger partial charge in [-0.05, 0) is 25.5 Å². The van der Waals surface area contributed by atoms with E-state index in [4.69, 9.17) is 5.11 Å². The number of hydrogen-bond donors (Lipinski definition) is 2. The van der Waals surface area contributed by atoms with Gasteiger partial charge < -0.3 is 10.4 Å². The molecule has 0 radical (unpaired) electrons. The molecule has 0 atom stereocenters. The summed E-state index contributed by atoms with van der Waals surface area (Å²) in [4.78, 5) is 10.6. The van der Waals surface area contributed by atoms with Crippen LogP contribution < -0.4 is 5.32 Å². The number of aromatic nitrogens is 3. The van der Waals surface area contributed by atoms with E-state index < -0.39 is 5.97 Å². The van der Waals surface area contributed by atoms with Crippen molar-refractivity contribution in [3.05, 3.63) is 47.3 Å². The van der Waals surface area contributed by atoms with Gasteiger partial charge in [0, 0.05) is 6.54 Å². The van der Waals surface area contributed by atoms with Crippen molar-refractivity contribution in [1.29, 1.82) is 0 Å². The molecule has 106 valence electrons. The second-order valence-electron chi connectivity index (χ2n) is 4.66. The Hall–Kier alpha value is -2.21. The maximum Gasteiger partial charge on any atom is 0.358 e. The minimum Gasteiger partial charge on any atom is -0.476 e. The quantitative estimate of drug-likeness (QED) is 0.739. The van der Waals surface area contributed by atoms with Crippen molar-refractivity contribution < 1.29 is 9.90 Å². The van der Waals surface area contributed by atoms with E-state index in [1.54, 1.807) is 0 Å². The van der Waals surface area contributed by atoms with Gasteiger partial charge in [-0.25, -0.2) is 4.79 Å². The topological polar surface area (TPSA) is 80.0 Å². The molecule has 0 unspecified atom stereocenters. The lowest BCUT2D eigenvalue weighted by molar-refractivity contribution is 0.0690. The van der Waals surface area contributed by atoms with Gasteiger partial charge >= 0.3 is 5.97 Å². The van der Waals surface area contributed by atoms with Crippen LogP contribution >= 0.6 is 0 Å². The Kier molecular flexibility index (Phi) is 4.84. The highest BCUT2D eigenvalue weighted by Crippen LogP contribution is 2.03. The van der Waals surface area contributed by atoms with Crippen LogP contribution in [0.25, 0.3) is 0 Å². The number of hydrogen-bond acceptors (Lipinski definition) is 4. The van der Waals surface area contributed by atoms with Crippen molar-refractivity contribution in [3.8, 4) is 0 Å². The van der Waals surface area contributed by atoms with Gasteiger partial charge in [-0.2, -0.15) is 0 Å². The molecule has 2 aromatic rings. The summed E-state index contributed by atoms with van der Waals surface area (Å²) in [5.74, 6) is -1.05. The Morgan fingerprint density at radius 2 is 2.25 bits per heavy atom. The summed E-state index contributed by atoms with van der Waals surface area (Å²) in [7, 11) is 0. The van der Waals surface area contributed by atoms with Crippen LogP contribution in [0.3, 0.4) is 0 Å². The van der Waals surface area contributed by atoms with Crippen LogP contribution in [-0.4, -0.2) is 39.2 Å². The molecule has 1 heterocycles. The average Bonchev–Trinajstić information content (AvgIpc) is 2.87. The largest absolute Gasteiger partial charge is 0.476 e. The SMILES string of the molecule is Cc1cccc(CCNCCn2cc(C(=O)O)nn2)c1. The average molecular weight is 274 g/mol. The van der Waals surface area contributed by atoms with E-state index in [1.807, 2.05) is 0 Å². The van der Waals surface area contributed by atoms with Gasteiger partial charge in [-0.15, -0.1) is 5.10 Å². The number of carboxylic acid groups (broad SMARTS) is 1. The van der Waals surface area contributed by atoms with Crippen molar-refractivity contribution in [1.82, 2.24) is 20.3 Å². The predicted molar refractivity (Wildman–Crippen MR) is 74.7 cm³/mol. The second-order valence-corrected chi connectivity index (χ2v) is 4.66. The number of benzene rings is 1. The molecular formula is C14H18N4O2. The number of carbonyl (C=O) groups is 1. The van der Waals surface area contributed by atoms with Gasteiger partial charge in [0.25, 0.3) is 0 Å². The van der Waals surface area contributed by atoms with Crippen molar-refractivity contribution in [2.45, 2.75) is 19.9 Å². The molecule has 6 nitrogen and oxygen atoms in total. The molecule has 0 fully saturated rings. The van der Waals surface area contributed by atoms with E-state index in [0.717, 1.165) is 19.5 Å². The number of nitrogens with zero attached hydrogens (tertiary/aromatic N) is 3. The van der Waals surface area contributed by atoms with Crippen molar-refractivity contribution in [2.75, 3.05) is 13.1 Å². The van der Waals surface area contributed by atoms with Crippen molar-refractivity contribution >= 4 is 5.97 Å². The lowest BCUT2D eigenvalue weighted by Crippen LogP contribution is -2.22. The summed E-state index contributed by atoms with van der Waals surface area (Å²) in [6, 6.07) is 8.44. The first-order chi connectivity index (χ1) is 9.65.